The first-order chi connectivity index (χ1) is 8.58. The van der Waals surface area contributed by atoms with Gasteiger partial charge < -0.3 is 10.2 Å². The van der Waals surface area contributed by atoms with Gasteiger partial charge >= 0.3 is 0 Å². The Hall–Kier alpha value is -1.25. The molecule has 0 saturated heterocycles. The van der Waals surface area contributed by atoms with Crippen molar-refractivity contribution in [1.82, 2.24) is 4.98 Å². The van der Waals surface area contributed by atoms with Crippen molar-refractivity contribution in [1.29, 1.82) is 0 Å². The Morgan fingerprint density at radius 2 is 2.06 bits per heavy atom. The average Bonchev–Trinajstić information content (AvgIpc) is 2.33. The van der Waals surface area contributed by atoms with E-state index in [1.807, 2.05) is 12.4 Å². The van der Waals surface area contributed by atoms with E-state index in [9.17, 15) is 0 Å². The van der Waals surface area contributed by atoms with Crippen LogP contribution >= 0.6 is 0 Å². The first kappa shape index (κ1) is 13.2. The molecule has 0 bridgehead atoms. The number of aromatic nitrogens is 1. The monoisotopic (exact) mass is 247 g/mol. The highest BCUT2D eigenvalue weighted by Crippen LogP contribution is 2.32. The summed E-state index contributed by atoms with van der Waals surface area (Å²) in [4.78, 5) is 6.38. The fourth-order valence-electron chi connectivity index (χ4n) is 2.97. The molecule has 0 radical (unpaired) electrons. The summed E-state index contributed by atoms with van der Waals surface area (Å²) in [6, 6.07) is 2.66. The van der Waals surface area contributed by atoms with Gasteiger partial charge in [0, 0.05) is 26.3 Å². The number of nitrogens with zero attached hydrogens (tertiary/aromatic N) is 2. The standard InChI is InChI=1S/C15H25N3/c1-11-5-6-13(12(2)9-11)17-14-10-16-8-7-15(14)18(3)4/h7-8,10-13,17H,5-6,9H2,1-4H3. The summed E-state index contributed by atoms with van der Waals surface area (Å²) >= 11 is 0. The Bertz CT molecular complexity index is 389. The number of nitrogens with one attached hydrogen (secondary N) is 1. The third-order valence-electron chi connectivity index (χ3n) is 4.05. The summed E-state index contributed by atoms with van der Waals surface area (Å²) in [6.45, 7) is 4.72. The van der Waals surface area contributed by atoms with Crippen LogP contribution in [0.25, 0.3) is 0 Å². The average molecular weight is 247 g/mol. The molecule has 100 valence electrons. The Kier molecular flexibility index (Phi) is 4.10. The highest BCUT2D eigenvalue weighted by atomic mass is 15.1. The van der Waals surface area contributed by atoms with Gasteiger partial charge in [0.1, 0.15) is 0 Å². The van der Waals surface area contributed by atoms with Gasteiger partial charge in [-0.25, -0.2) is 0 Å². The van der Waals surface area contributed by atoms with Crippen molar-refractivity contribution in [3.8, 4) is 0 Å². The third-order valence-corrected chi connectivity index (χ3v) is 4.05. The second-order valence-electron chi connectivity index (χ2n) is 5.93. The van der Waals surface area contributed by atoms with Gasteiger partial charge in [-0.1, -0.05) is 13.8 Å². The molecule has 1 aliphatic carbocycles. The van der Waals surface area contributed by atoms with Crippen LogP contribution in [0.4, 0.5) is 11.4 Å². The van der Waals surface area contributed by atoms with Crippen LogP contribution in [0.15, 0.2) is 18.5 Å². The lowest BCUT2D eigenvalue weighted by molar-refractivity contribution is 0.276. The van der Waals surface area contributed by atoms with Gasteiger partial charge in [-0.15, -0.1) is 0 Å². The van der Waals surface area contributed by atoms with Crippen LogP contribution in [-0.2, 0) is 0 Å². The van der Waals surface area contributed by atoms with Crippen molar-refractivity contribution in [2.24, 2.45) is 11.8 Å². The highest BCUT2D eigenvalue weighted by molar-refractivity contribution is 5.68. The molecule has 1 aromatic rings. The van der Waals surface area contributed by atoms with Gasteiger partial charge in [0.25, 0.3) is 0 Å². The van der Waals surface area contributed by atoms with Crippen molar-refractivity contribution >= 4 is 11.4 Å². The van der Waals surface area contributed by atoms with Crippen LogP contribution in [0.3, 0.4) is 0 Å². The summed E-state index contributed by atoms with van der Waals surface area (Å²) in [5.41, 5.74) is 2.38. The Balaban J connectivity index is 2.09. The van der Waals surface area contributed by atoms with E-state index >= 15 is 0 Å². The Morgan fingerprint density at radius 1 is 1.28 bits per heavy atom. The molecule has 1 aromatic heterocycles. The first-order valence-corrected chi connectivity index (χ1v) is 6.95. The molecule has 1 heterocycles. The zero-order valence-corrected chi connectivity index (χ0v) is 12.0. The molecule has 1 saturated carbocycles. The van der Waals surface area contributed by atoms with Crippen LogP contribution in [-0.4, -0.2) is 25.1 Å². The maximum absolute atomic E-state index is 4.24. The quantitative estimate of drug-likeness (QED) is 0.887. The van der Waals surface area contributed by atoms with Gasteiger partial charge in [0.2, 0.25) is 0 Å². The summed E-state index contributed by atoms with van der Waals surface area (Å²) in [5.74, 6) is 1.62. The lowest BCUT2D eigenvalue weighted by Gasteiger charge is -2.34. The third kappa shape index (κ3) is 2.95. The minimum Gasteiger partial charge on any atom is -0.379 e. The molecule has 3 heteroatoms. The molecular weight excluding hydrogens is 222 g/mol. The minimum atomic E-state index is 0.587. The number of pyridine rings is 1. The minimum absolute atomic E-state index is 0.587. The van der Waals surface area contributed by atoms with Gasteiger partial charge in [0.05, 0.1) is 17.6 Å². The number of anilines is 2. The topological polar surface area (TPSA) is 28.2 Å². The molecule has 0 amide bonds. The van der Waals surface area contributed by atoms with E-state index in [2.05, 4.69) is 49.2 Å². The van der Waals surface area contributed by atoms with Crippen molar-refractivity contribution in [2.75, 3.05) is 24.3 Å². The zero-order chi connectivity index (χ0) is 13.1. The molecule has 3 unspecified atom stereocenters. The van der Waals surface area contributed by atoms with Crippen molar-refractivity contribution in [3.63, 3.8) is 0 Å². The van der Waals surface area contributed by atoms with E-state index in [0.29, 0.717) is 6.04 Å². The van der Waals surface area contributed by atoms with Crippen LogP contribution in [0.1, 0.15) is 33.1 Å². The lowest BCUT2D eigenvalue weighted by Crippen LogP contribution is -2.33. The number of hydrogen-bond donors (Lipinski definition) is 1. The molecule has 1 aliphatic rings. The molecule has 0 spiro atoms. The zero-order valence-electron chi connectivity index (χ0n) is 12.0. The van der Waals surface area contributed by atoms with Crippen molar-refractivity contribution in [2.45, 2.75) is 39.2 Å². The second-order valence-corrected chi connectivity index (χ2v) is 5.93. The SMILES string of the molecule is CC1CCC(Nc2cnccc2N(C)C)C(C)C1. The summed E-state index contributed by atoms with van der Waals surface area (Å²) in [6.07, 6.45) is 7.73. The fraction of sp³-hybridized carbons (Fsp3) is 0.667. The van der Waals surface area contributed by atoms with Crippen molar-refractivity contribution in [3.05, 3.63) is 18.5 Å². The molecule has 1 N–H and O–H groups in total. The lowest BCUT2D eigenvalue weighted by atomic mass is 9.80. The summed E-state index contributed by atoms with van der Waals surface area (Å²) < 4.78 is 0. The predicted molar refractivity (Wildman–Crippen MR) is 78.2 cm³/mol. The van der Waals surface area contributed by atoms with Crippen LogP contribution in [0.5, 0.6) is 0 Å². The van der Waals surface area contributed by atoms with Gasteiger partial charge in [0.15, 0.2) is 0 Å². The summed E-state index contributed by atoms with van der Waals surface area (Å²) in [5, 5.41) is 3.70. The Labute approximate surface area is 111 Å². The van der Waals surface area contributed by atoms with E-state index in [4.69, 9.17) is 0 Å². The van der Waals surface area contributed by atoms with Gasteiger partial charge in [-0.05, 0) is 37.2 Å². The predicted octanol–water partition coefficient (Wildman–Crippen LogP) is 3.38. The summed E-state index contributed by atoms with van der Waals surface area (Å²) in [7, 11) is 4.15. The van der Waals surface area contributed by atoms with Crippen molar-refractivity contribution < 1.29 is 0 Å². The van der Waals surface area contributed by atoms with E-state index in [1.165, 1.54) is 24.9 Å². The van der Waals surface area contributed by atoms with E-state index in [-0.39, 0.29) is 0 Å². The molecule has 0 aromatic carbocycles. The highest BCUT2D eigenvalue weighted by Gasteiger charge is 2.25. The molecule has 18 heavy (non-hydrogen) atoms. The van der Waals surface area contributed by atoms with Gasteiger partial charge in [-0.3, -0.25) is 4.98 Å². The number of hydrogen-bond acceptors (Lipinski definition) is 3. The first-order valence-electron chi connectivity index (χ1n) is 6.95. The maximum atomic E-state index is 4.24. The second kappa shape index (κ2) is 5.59. The maximum Gasteiger partial charge on any atom is 0.0766 e. The molecule has 2 rings (SSSR count). The molecule has 3 nitrogen and oxygen atoms in total. The molecule has 0 aliphatic heterocycles. The van der Waals surface area contributed by atoms with Crippen LogP contribution in [0, 0.1) is 11.8 Å². The van der Waals surface area contributed by atoms with E-state index in [1.54, 1.807) is 0 Å². The van der Waals surface area contributed by atoms with Crippen LogP contribution in [0.2, 0.25) is 0 Å². The van der Waals surface area contributed by atoms with E-state index in [0.717, 1.165) is 17.5 Å². The smallest absolute Gasteiger partial charge is 0.0766 e. The fourth-order valence-corrected chi connectivity index (χ4v) is 2.97. The normalized spacial score (nSPS) is 27.9. The molecular formula is C15H25N3. The van der Waals surface area contributed by atoms with Crippen LogP contribution < -0.4 is 10.2 Å². The van der Waals surface area contributed by atoms with Gasteiger partial charge in [-0.2, -0.15) is 0 Å². The molecule has 3 atom stereocenters. The Morgan fingerprint density at radius 3 is 2.72 bits per heavy atom. The molecule has 1 fully saturated rings. The van der Waals surface area contributed by atoms with E-state index < -0.39 is 0 Å². The largest absolute Gasteiger partial charge is 0.379 e. The number of rotatable bonds is 3.